The lowest BCUT2D eigenvalue weighted by Gasteiger charge is -2.47. The Kier molecular flexibility index (Phi) is 4.10. The fraction of sp³-hybridized carbons (Fsp3) is 0.533. The highest BCUT2D eigenvalue weighted by molar-refractivity contribution is 5.63. The van der Waals surface area contributed by atoms with Crippen LogP contribution in [0, 0.1) is 0 Å². The Morgan fingerprint density at radius 1 is 1.37 bits per heavy atom. The lowest BCUT2D eigenvalue weighted by molar-refractivity contribution is -0.271. The van der Waals surface area contributed by atoms with Crippen molar-refractivity contribution in [2.75, 3.05) is 7.05 Å². The first kappa shape index (κ1) is 13.9. The highest BCUT2D eigenvalue weighted by Crippen LogP contribution is 2.36. The molecule has 1 fully saturated rings. The first-order valence-corrected chi connectivity index (χ1v) is 6.70. The van der Waals surface area contributed by atoms with Gasteiger partial charge in [-0.3, -0.25) is 0 Å². The minimum Gasteiger partial charge on any atom is -0.530 e. The zero-order valence-corrected chi connectivity index (χ0v) is 11.2. The molecule has 1 aliphatic carbocycles. The molecule has 0 saturated heterocycles. The fourth-order valence-electron chi connectivity index (χ4n) is 2.94. The number of carbonyl (C=O) groups excluding carboxylic acids is 1. The van der Waals surface area contributed by atoms with E-state index in [2.05, 4.69) is 0 Å². The van der Waals surface area contributed by atoms with E-state index in [4.69, 9.17) is 0 Å². The molecular formula is C15H20NO3-. The monoisotopic (exact) mass is 262 g/mol. The van der Waals surface area contributed by atoms with E-state index in [0.29, 0.717) is 32.1 Å². The molecule has 0 bridgehead atoms. The van der Waals surface area contributed by atoms with Crippen molar-refractivity contribution in [1.82, 2.24) is 4.90 Å². The Bertz CT molecular complexity index is 424. The van der Waals surface area contributed by atoms with Crippen molar-refractivity contribution >= 4 is 6.09 Å². The summed E-state index contributed by atoms with van der Waals surface area (Å²) in [6.07, 6.45) is 1.85. The van der Waals surface area contributed by atoms with Gasteiger partial charge in [0.05, 0.1) is 6.10 Å². The first-order valence-electron chi connectivity index (χ1n) is 6.70. The number of rotatable bonds is 3. The summed E-state index contributed by atoms with van der Waals surface area (Å²) in [4.78, 5) is 12.6. The largest absolute Gasteiger partial charge is 0.530 e. The summed E-state index contributed by atoms with van der Waals surface area (Å²) in [6.45, 7) is 0. The van der Waals surface area contributed by atoms with Crippen molar-refractivity contribution in [1.29, 1.82) is 0 Å². The van der Waals surface area contributed by atoms with E-state index >= 15 is 0 Å². The maximum Gasteiger partial charge on any atom is 0.137 e. The van der Waals surface area contributed by atoms with Gasteiger partial charge < -0.3 is 19.9 Å². The second-order valence-corrected chi connectivity index (χ2v) is 5.44. The summed E-state index contributed by atoms with van der Waals surface area (Å²) >= 11 is 0. The van der Waals surface area contributed by atoms with E-state index in [0.717, 1.165) is 5.56 Å². The maximum atomic E-state index is 11.2. The standard InChI is InChI=1S/C15H21NO3/c1-16(14(18)19)15(9-7-13(17)8-10-15)11-12-5-3-2-4-6-12/h2-6,13,17H,7-11H2,1H3,(H,18,19)/p-1. The quantitative estimate of drug-likeness (QED) is 0.889. The molecule has 1 aromatic rings. The Morgan fingerprint density at radius 3 is 2.47 bits per heavy atom. The lowest BCUT2D eigenvalue weighted by Crippen LogP contribution is -2.57. The molecule has 0 aromatic heterocycles. The van der Waals surface area contributed by atoms with Gasteiger partial charge in [-0.2, -0.15) is 0 Å². The van der Waals surface area contributed by atoms with Crippen LogP contribution in [-0.2, 0) is 6.42 Å². The average Bonchev–Trinajstić information content (AvgIpc) is 2.42. The van der Waals surface area contributed by atoms with E-state index < -0.39 is 11.6 Å². The van der Waals surface area contributed by atoms with Crippen molar-refractivity contribution in [3.8, 4) is 0 Å². The van der Waals surface area contributed by atoms with Crippen LogP contribution in [0.4, 0.5) is 4.79 Å². The topological polar surface area (TPSA) is 63.6 Å². The van der Waals surface area contributed by atoms with Crippen LogP contribution in [0.1, 0.15) is 31.2 Å². The number of carboxylic acid groups (broad SMARTS) is 1. The Morgan fingerprint density at radius 2 is 1.95 bits per heavy atom. The number of hydrogen-bond acceptors (Lipinski definition) is 3. The third-order valence-electron chi connectivity index (χ3n) is 4.25. The molecule has 4 nitrogen and oxygen atoms in total. The molecule has 4 heteroatoms. The van der Waals surface area contributed by atoms with Gasteiger partial charge >= 0.3 is 0 Å². The molecular weight excluding hydrogens is 242 g/mol. The summed E-state index contributed by atoms with van der Waals surface area (Å²) in [5.41, 5.74) is 0.673. The van der Waals surface area contributed by atoms with Crippen molar-refractivity contribution in [2.45, 2.75) is 43.7 Å². The SMILES string of the molecule is CN(C(=O)[O-])C1(Cc2ccccc2)CCC(O)CC1. The molecule has 1 N–H and O–H groups in total. The third kappa shape index (κ3) is 3.07. The van der Waals surface area contributed by atoms with Crippen LogP contribution in [-0.4, -0.2) is 34.8 Å². The van der Waals surface area contributed by atoms with Crippen LogP contribution in [0.25, 0.3) is 0 Å². The van der Waals surface area contributed by atoms with E-state index in [1.165, 1.54) is 4.90 Å². The molecule has 0 spiro atoms. The summed E-state index contributed by atoms with van der Waals surface area (Å²) in [5, 5.41) is 20.9. The van der Waals surface area contributed by atoms with E-state index in [1.807, 2.05) is 30.3 Å². The summed E-state index contributed by atoms with van der Waals surface area (Å²) in [5.74, 6) is 0. The molecule has 0 heterocycles. The molecule has 1 aromatic carbocycles. The first-order chi connectivity index (χ1) is 9.03. The number of benzene rings is 1. The molecule has 1 saturated carbocycles. The molecule has 1 amide bonds. The second kappa shape index (κ2) is 5.61. The van der Waals surface area contributed by atoms with Gasteiger partial charge in [-0.1, -0.05) is 30.3 Å². The average molecular weight is 262 g/mol. The highest BCUT2D eigenvalue weighted by atomic mass is 16.4. The third-order valence-corrected chi connectivity index (χ3v) is 4.25. The number of likely N-dealkylation sites (N-methyl/N-ethyl adjacent to an activating group) is 1. The van der Waals surface area contributed by atoms with Crippen molar-refractivity contribution in [3.05, 3.63) is 35.9 Å². The van der Waals surface area contributed by atoms with Gasteiger partial charge in [-0.25, -0.2) is 0 Å². The van der Waals surface area contributed by atoms with Crippen molar-refractivity contribution < 1.29 is 15.0 Å². The zero-order chi connectivity index (χ0) is 13.9. The molecule has 1 aliphatic rings. The van der Waals surface area contributed by atoms with Crippen LogP contribution >= 0.6 is 0 Å². The van der Waals surface area contributed by atoms with Crippen LogP contribution in [0.5, 0.6) is 0 Å². The van der Waals surface area contributed by atoms with Gasteiger partial charge in [-0.15, -0.1) is 0 Å². The van der Waals surface area contributed by atoms with E-state index in [1.54, 1.807) is 7.05 Å². The summed E-state index contributed by atoms with van der Waals surface area (Å²) in [7, 11) is 1.58. The second-order valence-electron chi connectivity index (χ2n) is 5.44. The van der Waals surface area contributed by atoms with Gasteiger partial charge in [0.25, 0.3) is 0 Å². The van der Waals surface area contributed by atoms with E-state index in [-0.39, 0.29) is 6.10 Å². The number of hydrogen-bond donors (Lipinski definition) is 1. The summed E-state index contributed by atoms with van der Waals surface area (Å²) in [6, 6.07) is 9.88. The smallest absolute Gasteiger partial charge is 0.137 e. The Hall–Kier alpha value is -1.55. The number of aliphatic hydroxyl groups is 1. The fourth-order valence-corrected chi connectivity index (χ4v) is 2.94. The van der Waals surface area contributed by atoms with Gasteiger partial charge in [0, 0.05) is 12.6 Å². The molecule has 2 rings (SSSR count). The molecule has 0 unspecified atom stereocenters. The number of aliphatic hydroxyl groups excluding tert-OH is 1. The Labute approximate surface area is 113 Å². The maximum absolute atomic E-state index is 11.2. The molecule has 0 radical (unpaired) electrons. The van der Waals surface area contributed by atoms with Crippen molar-refractivity contribution in [2.24, 2.45) is 0 Å². The van der Waals surface area contributed by atoms with Crippen molar-refractivity contribution in [3.63, 3.8) is 0 Å². The summed E-state index contributed by atoms with van der Waals surface area (Å²) < 4.78 is 0. The Balaban J connectivity index is 2.22. The minimum atomic E-state index is -1.15. The van der Waals surface area contributed by atoms with Crippen LogP contribution in [0.15, 0.2) is 30.3 Å². The van der Waals surface area contributed by atoms with Gasteiger partial charge in [0.15, 0.2) is 0 Å². The van der Waals surface area contributed by atoms with E-state index in [9.17, 15) is 15.0 Å². The molecule has 104 valence electrons. The molecule has 19 heavy (non-hydrogen) atoms. The van der Waals surface area contributed by atoms with Gasteiger partial charge in [0.1, 0.15) is 6.09 Å². The number of nitrogens with zero attached hydrogens (tertiary/aromatic N) is 1. The number of carbonyl (C=O) groups is 1. The molecule has 0 atom stereocenters. The lowest BCUT2D eigenvalue weighted by atomic mass is 9.75. The van der Waals surface area contributed by atoms with Crippen LogP contribution < -0.4 is 5.11 Å². The van der Waals surface area contributed by atoms with Crippen LogP contribution in [0.3, 0.4) is 0 Å². The number of amides is 1. The van der Waals surface area contributed by atoms with Crippen LogP contribution in [0.2, 0.25) is 0 Å². The highest BCUT2D eigenvalue weighted by Gasteiger charge is 2.38. The zero-order valence-electron chi connectivity index (χ0n) is 11.2. The predicted octanol–water partition coefficient (Wildman–Crippen LogP) is 1.18. The molecule has 0 aliphatic heterocycles. The predicted molar refractivity (Wildman–Crippen MR) is 70.5 cm³/mol. The normalized spacial score (nSPS) is 26.9. The minimum absolute atomic E-state index is 0.306. The van der Waals surface area contributed by atoms with Gasteiger partial charge in [0.2, 0.25) is 0 Å². The van der Waals surface area contributed by atoms with Gasteiger partial charge in [-0.05, 0) is 37.7 Å².